The number of benzene rings is 1. The zero-order valence-corrected chi connectivity index (χ0v) is 20.0. The number of nitrogens with zero attached hydrogens (tertiary/aromatic N) is 3. The highest BCUT2D eigenvalue weighted by molar-refractivity contribution is 7.16. The first-order chi connectivity index (χ1) is 16.7. The number of carbonyl (C=O) groups excluding carboxylic acids is 1. The molecule has 0 unspecified atom stereocenters. The number of rotatable bonds is 8. The quantitative estimate of drug-likeness (QED) is 0.277. The van der Waals surface area contributed by atoms with Gasteiger partial charge >= 0.3 is 6.03 Å². The van der Waals surface area contributed by atoms with Crippen molar-refractivity contribution in [1.29, 1.82) is 0 Å². The summed E-state index contributed by atoms with van der Waals surface area (Å²) in [4.78, 5) is 26.6. The number of H-pyrrole nitrogens is 1. The van der Waals surface area contributed by atoms with Crippen LogP contribution in [0.25, 0.3) is 26.8 Å². The van der Waals surface area contributed by atoms with Crippen LogP contribution >= 0.6 is 11.3 Å². The van der Waals surface area contributed by atoms with Gasteiger partial charge in [0.15, 0.2) is 0 Å². The molecule has 2 amide bonds. The Kier molecular flexibility index (Phi) is 6.73. The highest BCUT2D eigenvalue weighted by atomic mass is 32.1. The lowest BCUT2D eigenvalue weighted by Gasteiger charge is -2.26. The molecule has 8 nitrogen and oxygen atoms in total. The van der Waals surface area contributed by atoms with Crippen molar-refractivity contribution in [3.8, 4) is 0 Å². The van der Waals surface area contributed by atoms with Crippen molar-refractivity contribution in [2.75, 3.05) is 38.0 Å². The van der Waals surface area contributed by atoms with Crippen molar-refractivity contribution in [1.82, 2.24) is 30.5 Å². The number of carbonyl (C=O) groups is 1. The Labute approximate surface area is 202 Å². The summed E-state index contributed by atoms with van der Waals surface area (Å²) in [5.74, 6) is 0. The van der Waals surface area contributed by atoms with Gasteiger partial charge in [0.05, 0.1) is 21.4 Å². The molecular weight excluding hydrogens is 446 g/mol. The molecule has 0 bridgehead atoms. The van der Waals surface area contributed by atoms with Gasteiger partial charge < -0.3 is 25.8 Å². The minimum Gasteiger partial charge on any atom is -0.355 e. The third-order valence-corrected chi connectivity index (χ3v) is 6.78. The maximum absolute atomic E-state index is 12.4. The lowest BCUT2D eigenvalue weighted by molar-refractivity contribution is 0.203. The SMILES string of the molecule is CCCNCCNC(=O)N1CC=C(c2cc3c(Nc4ccc5ncsc5c4)ccnc3[nH]2)CC1. The van der Waals surface area contributed by atoms with Gasteiger partial charge in [-0.15, -0.1) is 11.3 Å². The molecule has 4 aromatic rings. The number of amides is 2. The number of hydrogen-bond acceptors (Lipinski definition) is 6. The van der Waals surface area contributed by atoms with Crippen LogP contribution < -0.4 is 16.0 Å². The molecule has 0 fully saturated rings. The molecule has 1 aliphatic rings. The second-order valence-electron chi connectivity index (χ2n) is 8.37. The van der Waals surface area contributed by atoms with E-state index in [0.29, 0.717) is 19.6 Å². The lowest BCUT2D eigenvalue weighted by atomic mass is 10.0. The standard InChI is InChI=1S/C25H29N7OS/c1-2-8-26-10-11-28-25(33)32-12-6-17(7-13-32)22-15-19-20(5-9-27-24(19)31-22)30-18-3-4-21-23(14-18)34-16-29-21/h3-6,9,14-16,26H,2,7-8,10-13H2,1H3,(H,28,33)(H2,27,30,31). The van der Waals surface area contributed by atoms with E-state index in [9.17, 15) is 4.79 Å². The molecule has 0 aliphatic carbocycles. The highest BCUT2D eigenvalue weighted by Crippen LogP contribution is 2.31. The number of hydrogen-bond donors (Lipinski definition) is 4. The number of urea groups is 1. The average Bonchev–Trinajstić information content (AvgIpc) is 3.51. The number of pyridine rings is 1. The molecule has 3 aromatic heterocycles. The molecule has 0 saturated carbocycles. The van der Waals surface area contributed by atoms with Crippen molar-refractivity contribution in [2.24, 2.45) is 0 Å². The zero-order valence-electron chi connectivity index (χ0n) is 19.2. The number of fused-ring (bicyclic) bond motifs is 2. The Morgan fingerprint density at radius 1 is 1.18 bits per heavy atom. The van der Waals surface area contributed by atoms with E-state index in [1.54, 1.807) is 11.3 Å². The van der Waals surface area contributed by atoms with Crippen molar-refractivity contribution in [2.45, 2.75) is 19.8 Å². The van der Waals surface area contributed by atoms with Gasteiger partial charge in [0.2, 0.25) is 0 Å². The largest absolute Gasteiger partial charge is 0.355 e. The highest BCUT2D eigenvalue weighted by Gasteiger charge is 2.19. The first-order valence-electron chi connectivity index (χ1n) is 11.7. The van der Waals surface area contributed by atoms with Crippen LogP contribution in [0.3, 0.4) is 0 Å². The molecule has 0 radical (unpaired) electrons. The monoisotopic (exact) mass is 475 g/mol. The van der Waals surface area contributed by atoms with Gasteiger partial charge in [-0.2, -0.15) is 0 Å². The third-order valence-electron chi connectivity index (χ3n) is 5.99. The fraction of sp³-hybridized carbons (Fsp3) is 0.320. The van der Waals surface area contributed by atoms with Gasteiger partial charge in [0.25, 0.3) is 0 Å². The van der Waals surface area contributed by atoms with E-state index in [1.165, 1.54) is 5.57 Å². The summed E-state index contributed by atoms with van der Waals surface area (Å²) in [5, 5.41) is 10.9. The van der Waals surface area contributed by atoms with Gasteiger partial charge in [0.1, 0.15) is 5.65 Å². The Morgan fingerprint density at radius 2 is 2.12 bits per heavy atom. The summed E-state index contributed by atoms with van der Waals surface area (Å²) >= 11 is 1.64. The minimum absolute atomic E-state index is 0.00342. The van der Waals surface area contributed by atoms with E-state index < -0.39 is 0 Å². The van der Waals surface area contributed by atoms with E-state index in [0.717, 1.165) is 64.2 Å². The molecule has 0 atom stereocenters. The third kappa shape index (κ3) is 4.90. The Morgan fingerprint density at radius 3 is 2.97 bits per heavy atom. The molecule has 1 aliphatic heterocycles. The van der Waals surface area contributed by atoms with Crippen molar-refractivity contribution < 1.29 is 4.79 Å². The number of anilines is 2. The Bertz CT molecular complexity index is 1330. The summed E-state index contributed by atoms with van der Waals surface area (Å²) < 4.78 is 1.16. The fourth-order valence-electron chi connectivity index (χ4n) is 4.17. The molecule has 4 N–H and O–H groups in total. The number of nitrogens with one attached hydrogen (secondary N) is 4. The van der Waals surface area contributed by atoms with Gasteiger partial charge in [-0.3, -0.25) is 0 Å². The molecule has 9 heteroatoms. The molecule has 5 rings (SSSR count). The zero-order chi connectivity index (χ0) is 23.3. The van der Waals surface area contributed by atoms with Gasteiger partial charge in [-0.05, 0) is 55.3 Å². The van der Waals surface area contributed by atoms with E-state index in [4.69, 9.17) is 0 Å². The van der Waals surface area contributed by atoms with Crippen LogP contribution in [0.15, 0.2) is 48.1 Å². The first-order valence-corrected chi connectivity index (χ1v) is 12.6. The number of aromatic nitrogens is 3. The molecular formula is C25H29N7OS. The van der Waals surface area contributed by atoms with Gasteiger partial charge in [-0.25, -0.2) is 14.8 Å². The fourth-order valence-corrected chi connectivity index (χ4v) is 4.88. The van der Waals surface area contributed by atoms with Gasteiger partial charge in [0, 0.05) is 49.1 Å². The summed E-state index contributed by atoms with van der Waals surface area (Å²) in [5.41, 5.74) is 8.02. The van der Waals surface area contributed by atoms with Gasteiger partial charge in [-0.1, -0.05) is 13.0 Å². The van der Waals surface area contributed by atoms with Crippen LogP contribution in [0, 0.1) is 0 Å². The van der Waals surface area contributed by atoms with Crippen LogP contribution in [0.1, 0.15) is 25.5 Å². The topological polar surface area (TPSA) is 98.0 Å². The summed E-state index contributed by atoms with van der Waals surface area (Å²) in [6, 6.07) is 10.3. The molecule has 1 aromatic carbocycles. The smallest absolute Gasteiger partial charge is 0.317 e. The molecule has 0 saturated heterocycles. The van der Waals surface area contributed by atoms with Crippen molar-refractivity contribution >= 4 is 55.6 Å². The predicted molar refractivity (Wildman–Crippen MR) is 140 cm³/mol. The van der Waals surface area contributed by atoms with E-state index in [-0.39, 0.29) is 6.03 Å². The normalized spacial score (nSPS) is 13.9. The molecule has 0 spiro atoms. The summed E-state index contributed by atoms with van der Waals surface area (Å²) in [6.45, 7) is 5.85. The maximum Gasteiger partial charge on any atom is 0.317 e. The minimum atomic E-state index is -0.00342. The molecule has 34 heavy (non-hydrogen) atoms. The number of aromatic amines is 1. The van der Waals surface area contributed by atoms with Crippen LogP contribution in [0.2, 0.25) is 0 Å². The lowest BCUT2D eigenvalue weighted by Crippen LogP contribution is -2.44. The molecule has 4 heterocycles. The Balaban J connectivity index is 1.26. The van der Waals surface area contributed by atoms with E-state index in [2.05, 4.69) is 56.0 Å². The van der Waals surface area contributed by atoms with Crippen molar-refractivity contribution in [3.05, 3.63) is 53.8 Å². The predicted octanol–water partition coefficient (Wildman–Crippen LogP) is 4.71. The van der Waals surface area contributed by atoms with Crippen molar-refractivity contribution in [3.63, 3.8) is 0 Å². The van der Waals surface area contributed by atoms with Crippen LogP contribution in [0.5, 0.6) is 0 Å². The Hall–Kier alpha value is -3.43. The molecule has 176 valence electrons. The van der Waals surface area contributed by atoms with E-state index >= 15 is 0 Å². The first kappa shape index (κ1) is 22.4. The number of thiazole rings is 1. The van der Waals surface area contributed by atoms with Crippen LogP contribution in [-0.2, 0) is 0 Å². The van der Waals surface area contributed by atoms with Crippen LogP contribution in [0.4, 0.5) is 16.2 Å². The summed E-state index contributed by atoms with van der Waals surface area (Å²) in [6.07, 6.45) is 5.84. The maximum atomic E-state index is 12.4. The average molecular weight is 476 g/mol. The summed E-state index contributed by atoms with van der Waals surface area (Å²) in [7, 11) is 0. The van der Waals surface area contributed by atoms with E-state index in [1.807, 2.05) is 34.8 Å². The second-order valence-corrected chi connectivity index (χ2v) is 9.26. The van der Waals surface area contributed by atoms with Crippen LogP contribution in [-0.4, -0.2) is 58.6 Å². The second kappa shape index (κ2) is 10.2.